The van der Waals surface area contributed by atoms with Crippen molar-refractivity contribution in [1.29, 1.82) is 0 Å². The number of likely N-dealkylation sites (tertiary alicyclic amines) is 1. The fourth-order valence-corrected chi connectivity index (χ4v) is 4.95. The first-order chi connectivity index (χ1) is 16.4. The smallest absolute Gasteiger partial charge is 0.407 e. The molecule has 7 nitrogen and oxygen atoms in total. The van der Waals surface area contributed by atoms with Gasteiger partial charge in [0.1, 0.15) is 6.61 Å². The Bertz CT molecular complexity index is 1020. The molecule has 180 valence electrons. The summed E-state index contributed by atoms with van der Waals surface area (Å²) in [5.41, 5.74) is 4.65. The van der Waals surface area contributed by atoms with Crippen molar-refractivity contribution >= 4 is 18.0 Å². The van der Waals surface area contributed by atoms with E-state index in [4.69, 9.17) is 9.84 Å². The van der Waals surface area contributed by atoms with Gasteiger partial charge in [0.15, 0.2) is 0 Å². The number of ether oxygens (including phenoxy) is 1. The fraction of sp³-hybridized carbons (Fsp3) is 0.444. The predicted molar refractivity (Wildman–Crippen MR) is 128 cm³/mol. The zero-order valence-corrected chi connectivity index (χ0v) is 19.7. The molecule has 1 heterocycles. The van der Waals surface area contributed by atoms with Crippen LogP contribution >= 0.6 is 0 Å². The number of carboxylic acids is 1. The van der Waals surface area contributed by atoms with Gasteiger partial charge in [-0.2, -0.15) is 0 Å². The van der Waals surface area contributed by atoms with Gasteiger partial charge in [0, 0.05) is 37.4 Å². The van der Waals surface area contributed by atoms with E-state index in [1.165, 1.54) is 11.1 Å². The molecule has 0 radical (unpaired) electrons. The minimum atomic E-state index is -0.835. The van der Waals surface area contributed by atoms with E-state index < -0.39 is 18.0 Å². The van der Waals surface area contributed by atoms with Crippen LogP contribution < -0.4 is 5.32 Å². The van der Waals surface area contributed by atoms with E-state index in [2.05, 4.69) is 29.6 Å². The largest absolute Gasteiger partial charge is 0.481 e. The highest BCUT2D eigenvalue weighted by Crippen LogP contribution is 2.44. The molecule has 2 atom stereocenters. The summed E-state index contributed by atoms with van der Waals surface area (Å²) in [5, 5.41) is 12.0. The standard InChI is InChI=1S/C27H32N2O5/c1-3-8-19(13-25(30)29-14-18(15-29)17(2)26(31)32)28-27(33)34-16-24-22-11-6-4-9-20(22)21-10-5-7-12-23(21)24/h4-7,9-12,17-19,24H,3,8,13-16H2,1-2H3,(H,28,33)(H,31,32). The van der Waals surface area contributed by atoms with Crippen molar-refractivity contribution in [1.82, 2.24) is 10.2 Å². The highest BCUT2D eigenvalue weighted by molar-refractivity contribution is 5.80. The maximum Gasteiger partial charge on any atom is 0.407 e. The summed E-state index contributed by atoms with van der Waals surface area (Å²) < 4.78 is 5.63. The topological polar surface area (TPSA) is 95.9 Å². The minimum Gasteiger partial charge on any atom is -0.481 e. The lowest BCUT2D eigenvalue weighted by molar-refractivity contribution is -0.150. The van der Waals surface area contributed by atoms with Gasteiger partial charge in [-0.15, -0.1) is 0 Å². The van der Waals surface area contributed by atoms with Crippen LogP contribution in [-0.4, -0.2) is 53.7 Å². The zero-order valence-electron chi connectivity index (χ0n) is 19.7. The zero-order chi connectivity index (χ0) is 24.2. The lowest BCUT2D eigenvalue weighted by Gasteiger charge is -2.41. The highest BCUT2D eigenvalue weighted by atomic mass is 16.5. The molecule has 1 aliphatic carbocycles. The molecule has 2 aromatic rings. The Morgan fingerprint density at radius 1 is 1.06 bits per heavy atom. The van der Waals surface area contributed by atoms with Gasteiger partial charge in [0.05, 0.1) is 5.92 Å². The molecule has 1 aliphatic heterocycles. The maximum atomic E-state index is 12.7. The van der Waals surface area contributed by atoms with Gasteiger partial charge in [0.25, 0.3) is 0 Å². The SMILES string of the molecule is CCCC(CC(=O)N1CC(C(C)C(=O)O)C1)NC(=O)OCC1c2ccccc2-c2ccccc21. The molecule has 2 aliphatic rings. The number of nitrogens with one attached hydrogen (secondary N) is 1. The Labute approximate surface area is 200 Å². The molecular weight excluding hydrogens is 432 g/mol. The predicted octanol–water partition coefficient (Wildman–Crippen LogP) is 4.26. The van der Waals surface area contributed by atoms with Crippen molar-refractivity contribution in [3.63, 3.8) is 0 Å². The fourth-order valence-electron chi connectivity index (χ4n) is 4.95. The number of alkyl carbamates (subject to hydrolysis) is 1. The van der Waals surface area contributed by atoms with E-state index in [0.29, 0.717) is 19.5 Å². The second-order valence-corrected chi connectivity index (χ2v) is 9.35. The van der Waals surface area contributed by atoms with E-state index in [-0.39, 0.29) is 36.8 Å². The average Bonchev–Trinajstić information content (AvgIpc) is 3.10. The second kappa shape index (κ2) is 10.3. The summed E-state index contributed by atoms with van der Waals surface area (Å²) in [6.07, 6.45) is 1.15. The van der Waals surface area contributed by atoms with Gasteiger partial charge in [-0.05, 0) is 28.7 Å². The third-order valence-corrected chi connectivity index (χ3v) is 7.08. The lowest BCUT2D eigenvalue weighted by atomic mass is 9.86. The number of nitrogens with zero attached hydrogens (tertiary/aromatic N) is 1. The number of aliphatic carboxylic acids is 1. The summed E-state index contributed by atoms with van der Waals surface area (Å²) in [6, 6.07) is 16.0. The first-order valence-corrected chi connectivity index (χ1v) is 12.0. The summed E-state index contributed by atoms with van der Waals surface area (Å²) in [6.45, 7) is 4.82. The van der Waals surface area contributed by atoms with Crippen molar-refractivity contribution < 1.29 is 24.2 Å². The summed E-state index contributed by atoms with van der Waals surface area (Å²) >= 11 is 0. The number of benzene rings is 2. The Hall–Kier alpha value is -3.35. The Balaban J connectivity index is 1.31. The van der Waals surface area contributed by atoms with Gasteiger partial charge in [-0.1, -0.05) is 68.8 Å². The maximum absolute atomic E-state index is 12.7. The van der Waals surface area contributed by atoms with Crippen LogP contribution in [-0.2, 0) is 14.3 Å². The number of amides is 2. The summed E-state index contributed by atoms with van der Waals surface area (Å²) in [7, 11) is 0. The molecular formula is C27H32N2O5. The van der Waals surface area contributed by atoms with Crippen LogP contribution in [0.2, 0.25) is 0 Å². The molecule has 0 aromatic heterocycles. The molecule has 1 saturated heterocycles. The number of rotatable bonds is 9. The molecule has 4 rings (SSSR count). The third-order valence-electron chi connectivity index (χ3n) is 7.08. The highest BCUT2D eigenvalue weighted by Gasteiger charge is 2.37. The Kier molecular flexibility index (Phi) is 7.20. The first-order valence-electron chi connectivity index (χ1n) is 12.0. The van der Waals surface area contributed by atoms with Gasteiger partial charge in [0.2, 0.25) is 5.91 Å². The number of hydrogen-bond donors (Lipinski definition) is 2. The van der Waals surface area contributed by atoms with Crippen LogP contribution in [0, 0.1) is 11.8 Å². The number of carbonyl (C=O) groups is 3. The van der Waals surface area contributed by atoms with Crippen LogP contribution in [0.5, 0.6) is 0 Å². The molecule has 0 bridgehead atoms. The van der Waals surface area contributed by atoms with Gasteiger partial charge < -0.3 is 20.1 Å². The quantitative estimate of drug-likeness (QED) is 0.578. The van der Waals surface area contributed by atoms with Gasteiger partial charge in [-0.3, -0.25) is 9.59 Å². The third kappa shape index (κ3) is 4.93. The Morgan fingerprint density at radius 2 is 1.65 bits per heavy atom. The number of carboxylic acid groups (broad SMARTS) is 1. The minimum absolute atomic E-state index is 0.0128. The molecule has 2 aromatic carbocycles. The second-order valence-electron chi connectivity index (χ2n) is 9.35. The van der Waals surface area contributed by atoms with Crippen LogP contribution in [0.3, 0.4) is 0 Å². The van der Waals surface area contributed by atoms with E-state index in [9.17, 15) is 14.4 Å². The van der Waals surface area contributed by atoms with E-state index >= 15 is 0 Å². The van der Waals surface area contributed by atoms with Crippen LogP contribution in [0.4, 0.5) is 4.79 Å². The van der Waals surface area contributed by atoms with Crippen LogP contribution in [0.1, 0.15) is 50.2 Å². The van der Waals surface area contributed by atoms with Gasteiger partial charge in [-0.25, -0.2) is 4.79 Å². The van der Waals surface area contributed by atoms with Gasteiger partial charge >= 0.3 is 12.1 Å². The van der Waals surface area contributed by atoms with Crippen molar-refractivity contribution in [2.45, 2.75) is 45.1 Å². The van der Waals surface area contributed by atoms with Crippen LogP contribution in [0.15, 0.2) is 48.5 Å². The summed E-state index contributed by atoms with van der Waals surface area (Å²) in [5.74, 6) is -1.39. The normalized spacial score (nSPS) is 16.7. The number of fused-ring (bicyclic) bond motifs is 3. The van der Waals surface area contributed by atoms with Crippen molar-refractivity contribution in [2.75, 3.05) is 19.7 Å². The molecule has 7 heteroatoms. The first kappa shape index (κ1) is 23.8. The van der Waals surface area contributed by atoms with Crippen molar-refractivity contribution in [3.05, 3.63) is 59.7 Å². The molecule has 2 amide bonds. The van der Waals surface area contributed by atoms with E-state index in [1.807, 2.05) is 31.2 Å². The Morgan fingerprint density at radius 3 is 2.21 bits per heavy atom. The molecule has 1 fully saturated rings. The molecule has 34 heavy (non-hydrogen) atoms. The molecule has 2 N–H and O–H groups in total. The van der Waals surface area contributed by atoms with Crippen molar-refractivity contribution in [2.24, 2.45) is 11.8 Å². The molecule has 2 unspecified atom stereocenters. The van der Waals surface area contributed by atoms with Crippen molar-refractivity contribution in [3.8, 4) is 11.1 Å². The van der Waals surface area contributed by atoms with E-state index in [0.717, 1.165) is 17.5 Å². The monoisotopic (exact) mass is 464 g/mol. The molecule has 0 saturated carbocycles. The number of hydrogen-bond acceptors (Lipinski definition) is 4. The average molecular weight is 465 g/mol. The number of carbonyl (C=O) groups excluding carboxylic acids is 2. The van der Waals surface area contributed by atoms with Crippen LogP contribution in [0.25, 0.3) is 11.1 Å². The molecule has 0 spiro atoms. The lowest BCUT2D eigenvalue weighted by Crippen LogP contribution is -2.54. The summed E-state index contributed by atoms with van der Waals surface area (Å²) in [4.78, 5) is 38.1. The van der Waals surface area contributed by atoms with E-state index in [1.54, 1.807) is 11.8 Å².